The van der Waals surface area contributed by atoms with Gasteiger partial charge < -0.3 is 0 Å². The molecular weight excluding hydrogens is 192 g/mol. The highest BCUT2D eigenvalue weighted by Crippen LogP contribution is 2.32. The van der Waals surface area contributed by atoms with Crippen LogP contribution in [0, 0.1) is 0 Å². The van der Waals surface area contributed by atoms with Crippen molar-refractivity contribution in [3.05, 3.63) is 23.5 Å². The maximum Gasteiger partial charge on any atom is 0.193 e. The van der Waals surface area contributed by atoms with Gasteiger partial charge in [-0.15, -0.1) is 11.3 Å². The molecule has 1 saturated carbocycles. The molecule has 2 nitrogen and oxygen atoms in total. The average molecular weight is 206 g/mol. The van der Waals surface area contributed by atoms with Crippen LogP contribution in [0.4, 0.5) is 0 Å². The van der Waals surface area contributed by atoms with Gasteiger partial charge >= 0.3 is 0 Å². The Morgan fingerprint density at radius 2 is 2.14 bits per heavy atom. The van der Waals surface area contributed by atoms with Crippen molar-refractivity contribution in [1.29, 1.82) is 0 Å². The summed E-state index contributed by atoms with van der Waals surface area (Å²) < 4.78 is 2.15. The van der Waals surface area contributed by atoms with Crippen molar-refractivity contribution in [3.63, 3.8) is 0 Å². The molecule has 0 aromatic carbocycles. The van der Waals surface area contributed by atoms with Gasteiger partial charge in [0.15, 0.2) is 4.96 Å². The Balaban J connectivity index is 1.92. The minimum Gasteiger partial charge on any atom is -0.297 e. The molecule has 0 unspecified atom stereocenters. The van der Waals surface area contributed by atoms with E-state index < -0.39 is 0 Å². The Morgan fingerprint density at radius 3 is 2.93 bits per heavy atom. The molecule has 0 spiro atoms. The molecule has 74 valence electrons. The number of thiazole rings is 1. The fraction of sp³-hybridized carbons (Fsp3) is 0.545. The zero-order valence-corrected chi connectivity index (χ0v) is 8.96. The smallest absolute Gasteiger partial charge is 0.193 e. The number of rotatable bonds is 1. The molecule has 3 rings (SSSR count). The lowest BCUT2D eigenvalue weighted by atomic mass is 9.87. The topological polar surface area (TPSA) is 17.3 Å². The van der Waals surface area contributed by atoms with Crippen molar-refractivity contribution >= 4 is 16.3 Å². The zero-order chi connectivity index (χ0) is 9.38. The van der Waals surface area contributed by atoms with Crippen LogP contribution >= 0.6 is 11.3 Å². The van der Waals surface area contributed by atoms with E-state index in [4.69, 9.17) is 0 Å². The molecule has 2 aromatic heterocycles. The number of hydrogen-bond donors (Lipinski definition) is 0. The highest BCUT2D eigenvalue weighted by Gasteiger charge is 2.18. The average Bonchev–Trinajstić information content (AvgIpc) is 2.78. The molecular formula is C11H14N2S. The van der Waals surface area contributed by atoms with E-state index in [0.717, 1.165) is 10.9 Å². The summed E-state index contributed by atoms with van der Waals surface area (Å²) in [7, 11) is 0. The van der Waals surface area contributed by atoms with Crippen molar-refractivity contribution in [2.24, 2.45) is 0 Å². The van der Waals surface area contributed by atoms with Gasteiger partial charge in [0, 0.05) is 23.7 Å². The van der Waals surface area contributed by atoms with Gasteiger partial charge in [0.05, 0.1) is 5.69 Å². The Morgan fingerprint density at radius 1 is 1.29 bits per heavy atom. The lowest BCUT2D eigenvalue weighted by molar-refractivity contribution is 0.438. The predicted molar refractivity (Wildman–Crippen MR) is 58.9 cm³/mol. The first kappa shape index (κ1) is 8.48. The Labute approximate surface area is 87.6 Å². The number of imidazole rings is 1. The van der Waals surface area contributed by atoms with Gasteiger partial charge in [-0.2, -0.15) is 0 Å². The monoisotopic (exact) mass is 206 g/mol. The number of hydrogen-bond acceptors (Lipinski definition) is 2. The standard InChI is InChI=1S/C11H14N2S/c1-2-4-9(5-3-1)10-8-13-6-7-14-11(13)12-10/h6-9H,1-5H2. The van der Waals surface area contributed by atoms with Crippen molar-refractivity contribution in [3.8, 4) is 0 Å². The van der Waals surface area contributed by atoms with Crippen LogP contribution in [-0.4, -0.2) is 9.38 Å². The second kappa shape index (κ2) is 3.39. The van der Waals surface area contributed by atoms with E-state index in [9.17, 15) is 0 Å². The van der Waals surface area contributed by atoms with E-state index in [1.165, 1.54) is 37.8 Å². The SMILES string of the molecule is c1cn2cc(C3CCCCC3)nc2s1. The minimum absolute atomic E-state index is 0.732. The Kier molecular flexibility index (Phi) is 2.05. The zero-order valence-electron chi connectivity index (χ0n) is 8.15. The van der Waals surface area contributed by atoms with Crippen LogP contribution in [0.25, 0.3) is 4.96 Å². The summed E-state index contributed by atoms with van der Waals surface area (Å²) in [6, 6.07) is 0. The van der Waals surface area contributed by atoms with Gasteiger partial charge in [-0.3, -0.25) is 4.40 Å². The summed E-state index contributed by atoms with van der Waals surface area (Å²) >= 11 is 1.72. The molecule has 2 aromatic rings. The highest BCUT2D eigenvalue weighted by molar-refractivity contribution is 7.15. The van der Waals surface area contributed by atoms with E-state index >= 15 is 0 Å². The van der Waals surface area contributed by atoms with Crippen molar-refractivity contribution in [2.45, 2.75) is 38.0 Å². The molecule has 0 bridgehead atoms. The van der Waals surface area contributed by atoms with E-state index in [0.29, 0.717) is 0 Å². The molecule has 1 fully saturated rings. The van der Waals surface area contributed by atoms with Crippen LogP contribution in [0.3, 0.4) is 0 Å². The van der Waals surface area contributed by atoms with Gasteiger partial charge in [0.25, 0.3) is 0 Å². The van der Waals surface area contributed by atoms with Crippen molar-refractivity contribution in [1.82, 2.24) is 9.38 Å². The molecule has 1 aliphatic carbocycles. The number of nitrogens with zero attached hydrogens (tertiary/aromatic N) is 2. The fourth-order valence-corrected chi connectivity index (χ4v) is 3.05. The van der Waals surface area contributed by atoms with Gasteiger partial charge in [0.2, 0.25) is 0 Å². The summed E-state index contributed by atoms with van der Waals surface area (Å²) in [5, 5.41) is 2.09. The van der Waals surface area contributed by atoms with Crippen LogP contribution < -0.4 is 0 Å². The van der Waals surface area contributed by atoms with Crippen LogP contribution in [0.1, 0.15) is 43.7 Å². The van der Waals surface area contributed by atoms with E-state index in [-0.39, 0.29) is 0 Å². The van der Waals surface area contributed by atoms with Gasteiger partial charge in [-0.1, -0.05) is 19.3 Å². The third-order valence-electron chi connectivity index (χ3n) is 3.14. The van der Waals surface area contributed by atoms with Crippen LogP contribution in [0.5, 0.6) is 0 Å². The van der Waals surface area contributed by atoms with Gasteiger partial charge in [-0.25, -0.2) is 4.98 Å². The third kappa shape index (κ3) is 1.36. The van der Waals surface area contributed by atoms with Crippen LogP contribution in [0.15, 0.2) is 17.8 Å². The highest BCUT2D eigenvalue weighted by atomic mass is 32.1. The first-order chi connectivity index (χ1) is 6.93. The summed E-state index contributed by atoms with van der Waals surface area (Å²) in [6.45, 7) is 0. The molecule has 14 heavy (non-hydrogen) atoms. The van der Waals surface area contributed by atoms with Crippen LogP contribution in [0.2, 0.25) is 0 Å². The van der Waals surface area contributed by atoms with Gasteiger partial charge in [-0.05, 0) is 12.8 Å². The quantitative estimate of drug-likeness (QED) is 0.698. The summed E-state index contributed by atoms with van der Waals surface area (Å²) in [6.07, 6.45) is 11.2. The molecule has 0 atom stereocenters. The number of aromatic nitrogens is 2. The molecule has 1 aliphatic rings. The second-order valence-corrected chi connectivity index (χ2v) is 4.97. The molecule has 0 amide bonds. The van der Waals surface area contributed by atoms with E-state index in [1.807, 2.05) is 0 Å². The predicted octanol–water partition coefficient (Wildman–Crippen LogP) is 3.44. The van der Waals surface area contributed by atoms with Crippen molar-refractivity contribution in [2.75, 3.05) is 0 Å². The lowest BCUT2D eigenvalue weighted by Crippen LogP contribution is -2.04. The normalized spacial score (nSPS) is 19.1. The third-order valence-corrected chi connectivity index (χ3v) is 3.91. The summed E-state index contributed by atoms with van der Waals surface area (Å²) in [4.78, 5) is 5.82. The summed E-state index contributed by atoms with van der Waals surface area (Å²) in [5.74, 6) is 0.732. The molecule has 2 heterocycles. The minimum atomic E-state index is 0.732. The molecule has 0 saturated heterocycles. The number of fused-ring (bicyclic) bond motifs is 1. The Bertz CT molecular complexity index is 395. The van der Waals surface area contributed by atoms with Gasteiger partial charge in [0.1, 0.15) is 0 Å². The first-order valence-corrected chi connectivity index (χ1v) is 6.23. The second-order valence-electron chi connectivity index (χ2n) is 4.09. The maximum absolute atomic E-state index is 4.68. The van der Waals surface area contributed by atoms with E-state index in [2.05, 4.69) is 27.2 Å². The Hall–Kier alpha value is -0.830. The van der Waals surface area contributed by atoms with Crippen molar-refractivity contribution < 1.29 is 0 Å². The lowest BCUT2D eigenvalue weighted by Gasteiger charge is -2.19. The molecule has 0 aliphatic heterocycles. The van der Waals surface area contributed by atoms with E-state index in [1.54, 1.807) is 11.3 Å². The largest absolute Gasteiger partial charge is 0.297 e. The fourth-order valence-electron chi connectivity index (χ4n) is 2.34. The van der Waals surface area contributed by atoms with Crippen LogP contribution in [-0.2, 0) is 0 Å². The summed E-state index contributed by atoms with van der Waals surface area (Å²) in [5.41, 5.74) is 1.32. The first-order valence-electron chi connectivity index (χ1n) is 5.35. The molecule has 3 heteroatoms. The molecule has 0 radical (unpaired) electrons. The molecule has 0 N–H and O–H groups in total. The maximum atomic E-state index is 4.68.